The van der Waals surface area contributed by atoms with Crippen molar-refractivity contribution in [3.63, 3.8) is 0 Å². The highest BCUT2D eigenvalue weighted by atomic mass is 35.5. The van der Waals surface area contributed by atoms with Crippen molar-refractivity contribution in [1.82, 2.24) is 0 Å². The first-order valence-electron chi connectivity index (χ1n) is 18.7. The molecule has 56 heavy (non-hydrogen) atoms. The molecule has 0 saturated carbocycles. The number of hydrogen-bond acceptors (Lipinski definition) is 13. The second kappa shape index (κ2) is 24.7. The van der Waals surface area contributed by atoms with Gasteiger partial charge in [0.25, 0.3) is 5.69 Å². The van der Waals surface area contributed by atoms with Gasteiger partial charge in [0.1, 0.15) is 28.6 Å². The Morgan fingerprint density at radius 3 is 1.66 bits per heavy atom. The van der Waals surface area contributed by atoms with E-state index >= 15 is 0 Å². The zero-order valence-electron chi connectivity index (χ0n) is 32.4. The second-order valence-electron chi connectivity index (χ2n) is 12.6. The molecule has 0 aliphatic carbocycles. The molecule has 0 spiro atoms. The van der Waals surface area contributed by atoms with Gasteiger partial charge in [-0.2, -0.15) is 5.11 Å². The Hall–Kier alpha value is -5.63. The lowest BCUT2D eigenvalue weighted by atomic mass is 10.1. The van der Waals surface area contributed by atoms with Gasteiger partial charge in [-0.3, -0.25) is 10.1 Å². The van der Waals surface area contributed by atoms with Gasteiger partial charge in [0, 0.05) is 55.2 Å². The number of carbonyl (C=O) groups excluding carboxylic acids is 2. The molecule has 3 rings (SSSR count). The summed E-state index contributed by atoms with van der Waals surface area (Å²) in [5.41, 5.74) is 3.52. The number of hydrogen-bond donors (Lipinski definition) is 0. The van der Waals surface area contributed by atoms with Gasteiger partial charge in [0.05, 0.1) is 42.1 Å². The molecule has 0 atom stereocenters. The Morgan fingerprint density at radius 2 is 1.20 bits per heavy atom. The molecule has 0 bridgehead atoms. The molecule has 14 nitrogen and oxygen atoms in total. The molecule has 0 unspecified atom stereocenters. The number of nitro benzene ring substituents is 1. The molecule has 0 N–H and O–H groups in total. The summed E-state index contributed by atoms with van der Waals surface area (Å²) in [4.78, 5) is 35.8. The molecular formula is C41H51ClN6O8. The van der Waals surface area contributed by atoms with Crippen molar-refractivity contribution in [2.24, 2.45) is 20.5 Å². The van der Waals surface area contributed by atoms with E-state index in [2.05, 4.69) is 64.5 Å². The Bertz CT molecular complexity index is 1840. The van der Waals surface area contributed by atoms with Crippen molar-refractivity contribution in [2.75, 3.05) is 44.4 Å². The van der Waals surface area contributed by atoms with Crippen LogP contribution in [0.15, 0.2) is 94.3 Å². The zero-order valence-corrected chi connectivity index (χ0v) is 33.2. The monoisotopic (exact) mass is 790 g/mol. The Morgan fingerprint density at radius 1 is 0.714 bits per heavy atom. The normalized spacial score (nSPS) is 11.1. The van der Waals surface area contributed by atoms with E-state index in [4.69, 9.17) is 30.5 Å². The Labute approximate surface area is 333 Å². The molecule has 15 heteroatoms. The van der Waals surface area contributed by atoms with E-state index in [9.17, 15) is 19.7 Å². The number of esters is 2. The van der Waals surface area contributed by atoms with Crippen LogP contribution >= 0.6 is 11.6 Å². The maximum Gasteiger partial charge on any atom is 0.330 e. The molecule has 0 heterocycles. The van der Waals surface area contributed by atoms with Crippen molar-refractivity contribution in [1.29, 1.82) is 0 Å². The topological polar surface area (TPSA) is 167 Å². The molecule has 0 aliphatic heterocycles. The van der Waals surface area contributed by atoms with Gasteiger partial charge in [-0.25, -0.2) is 9.59 Å². The van der Waals surface area contributed by atoms with Gasteiger partial charge in [-0.15, -0.1) is 15.3 Å². The molecule has 3 aromatic carbocycles. The van der Waals surface area contributed by atoms with Crippen LogP contribution in [0.25, 0.3) is 0 Å². The van der Waals surface area contributed by atoms with Crippen LogP contribution in [0.4, 0.5) is 34.1 Å². The van der Waals surface area contributed by atoms with Gasteiger partial charge >= 0.3 is 11.9 Å². The van der Waals surface area contributed by atoms with E-state index in [0.29, 0.717) is 67.5 Å². The summed E-state index contributed by atoms with van der Waals surface area (Å²) in [6.07, 6.45) is 8.39. The second-order valence-corrected chi connectivity index (χ2v) is 13.0. The molecule has 0 amide bonds. The summed E-state index contributed by atoms with van der Waals surface area (Å²) < 4.78 is 22.6. The lowest BCUT2D eigenvalue weighted by Gasteiger charge is -2.24. The molecule has 3 aromatic rings. The molecule has 0 fully saturated rings. The number of azo groups is 2. The summed E-state index contributed by atoms with van der Waals surface area (Å²) in [6, 6.07) is 13.4. The first-order chi connectivity index (χ1) is 27.1. The van der Waals surface area contributed by atoms with Gasteiger partial charge in [0.15, 0.2) is 0 Å². The zero-order chi connectivity index (χ0) is 40.7. The van der Waals surface area contributed by atoms with Crippen LogP contribution in [0.3, 0.4) is 0 Å². The fourth-order valence-electron chi connectivity index (χ4n) is 5.28. The maximum absolute atomic E-state index is 11.4. The minimum atomic E-state index is -0.545. The van der Waals surface area contributed by atoms with Crippen molar-refractivity contribution < 1.29 is 33.5 Å². The van der Waals surface area contributed by atoms with Crippen molar-refractivity contribution in [3.05, 3.63) is 94.5 Å². The Kier molecular flexibility index (Phi) is 19.8. The van der Waals surface area contributed by atoms with Crippen molar-refractivity contribution in [2.45, 2.75) is 72.1 Å². The number of rotatable bonds is 26. The number of halogens is 1. The number of nitrogens with zero attached hydrogens (tertiary/aromatic N) is 6. The SMILES string of the molecule is C=CC(=O)OCCCCCOc1cc(N=Nc2ccc([N+](=O)[O-])cc2Cl)c(OCCCCCOC(=O)C=C)cc1N=Nc1ccc(N(CCC)CCC)cc1C. The highest BCUT2D eigenvalue weighted by Gasteiger charge is 2.15. The van der Waals surface area contributed by atoms with E-state index in [1.54, 1.807) is 12.1 Å². The summed E-state index contributed by atoms with van der Waals surface area (Å²) in [5, 5.41) is 29.2. The number of carbonyl (C=O) groups is 2. The van der Waals surface area contributed by atoms with Crippen LogP contribution in [0.5, 0.6) is 11.5 Å². The fraction of sp³-hybridized carbons (Fsp3) is 0.415. The highest BCUT2D eigenvalue weighted by molar-refractivity contribution is 6.33. The number of nitro groups is 1. The average molecular weight is 791 g/mol. The minimum Gasteiger partial charge on any atom is -0.491 e. The quantitative estimate of drug-likeness (QED) is 0.0192. The van der Waals surface area contributed by atoms with Gasteiger partial charge in [-0.05, 0) is 88.1 Å². The number of non-ortho nitro benzene ring substituents is 1. The number of unbranched alkanes of at least 4 members (excludes halogenated alkanes) is 4. The van der Waals surface area contributed by atoms with E-state index < -0.39 is 16.9 Å². The number of aryl methyl sites for hydroxylation is 1. The van der Waals surface area contributed by atoms with E-state index in [1.165, 1.54) is 18.2 Å². The molecule has 0 radical (unpaired) electrons. The van der Waals surface area contributed by atoms with Crippen LogP contribution in [0, 0.1) is 17.0 Å². The largest absolute Gasteiger partial charge is 0.491 e. The lowest BCUT2D eigenvalue weighted by Crippen LogP contribution is -2.24. The Balaban J connectivity index is 1.95. The lowest BCUT2D eigenvalue weighted by molar-refractivity contribution is -0.384. The fourth-order valence-corrected chi connectivity index (χ4v) is 5.49. The van der Waals surface area contributed by atoms with Crippen LogP contribution < -0.4 is 14.4 Å². The summed E-state index contributed by atoms with van der Waals surface area (Å²) >= 11 is 6.31. The van der Waals surface area contributed by atoms with Crippen LogP contribution in [-0.2, 0) is 19.1 Å². The van der Waals surface area contributed by atoms with E-state index in [-0.39, 0.29) is 29.6 Å². The third-order valence-electron chi connectivity index (χ3n) is 8.16. The molecule has 0 saturated heterocycles. The first-order valence-corrected chi connectivity index (χ1v) is 19.1. The van der Waals surface area contributed by atoms with Crippen molar-refractivity contribution >= 4 is 57.7 Å². The maximum atomic E-state index is 11.4. The minimum absolute atomic E-state index is 0.0529. The summed E-state index contributed by atoms with van der Waals surface area (Å²) in [5.74, 6) is -0.215. The predicted octanol–water partition coefficient (Wildman–Crippen LogP) is 11.6. The molecule has 300 valence electrons. The van der Waals surface area contributed by atoms with Crippen molar-refractivity contribution in [3.8, 4) is 11.5 Å². The average Bonchev–Trinajstić information content (AvgIpc) is 3.19. The van der Waals surface area contributed by atoms with Crippen LogP contribution in [-0.4, -0.2) is 56.4 Å². The predicted molar refractivity (Wildman–Crippen MR) is 218 cm³/mol. The number of anilines is 1. The standard InChI is InChI=1S/C41H51ClN6O8/c1-6-20-47(21-7-2)31-16-18-34(30(5)26-31)43-45-36-28-39(54-23-13-11-15-25-56-41(50)9-4)37(46-44-35-19-17-32(48(51)52)27-33(35)42)29-38(36)53-22-12-10-14-24-55-40(49)8-3/h8-9,16-19,26-29H,3-4,6-7,10-15,20-25H2,1-2,5H3. The highest BCUT2D eigenvalue weighted by Crippen LogP contribution is 2.42. The van der Waals surface area contributed by atoms with Gasteiger partial charge in [0.2, 0.25) is 0 Å². The summed E-state index contributed by atoms with van der Waals surface area (Å²) in [7, 11) is 0. The van der Waals surface area contributed by atoms with E-state index in [1.807, 2.05) is 13.0 Å². The van der Waals surface area contributed by atoms with E-state index in [0.717, 1.165) is 62.2 Å². The third kappa shape index (κ3) is 15.2. The smallest absolute Gasteiger partial charge is 0.330 e. The first kappa shape index (κ1) is 44.8. The molecule has 0 aliphatic rings. The number of ether oxygens (including phenoxy) is 4. The molecule has 0 aromatic heterocycles. The summed E-state index contributed by atoms with van der Waals surface area (Å²) in [6.45, 7) is 16.2. The van der Waals surface area contributed by atoms with Crippen LogP contribution in [0.1, 0.15) is 70.8 Å². The van der Waals surface area contributed by atoms with Crippen LogP contribution in [0.2, 0.25) is 5.02 Å². The number of benzene rings is 3. The van der Waals surface area contributed by atoms with Gasteiger partial charge < -0.3 is 23.8 Å². The third-order valence-corrected chi connectivity index (χ3v) is 8.46. The molecular weight excluding hydrogens is 740 g/mol. The van der Waals surface area contributed by atoms with Gasteiger partial charge in [-0.1, -0.05) is 38.6 Å².